The third-order valence-electron chi connectivity index (χ3n) is 3.70. The Morgan fingerprint density at radius 2 is 2.16 bits per heavy atom. The predicted molar refractivity (Wildman–Crippen MR) is 82.6 cm³/mol. The molecule has 1 aliphatic rings. The van der Waals surface area contributed by atoms with Gasteiger partial charge < -0.3 is 10.6 Å². The average molecular weight is 272 g/mol. The van der Waals surface area contributed by atoms with Gasteiger partial charge in [-0.2, -0.15) is 0 Å². The van der Waals surface area contributed by atoms with Crippen molar-refractivity contribution in [2.75, 3.05) is 4.90 Å². The van der Waals surface area contributed by atoms with E-state index in [2.05, 4.69) is 47.5 Å². The summed E-state index contributed by atoms with van der Waals surface area (Å²) in [5.74, 6) is 0. The van der Waals surface area contributed by atoms with Gasteiger partial charge in [-0.25, -0.2) is 0 Å². The van der Waals surface area contributed by atoms with Crippen LogP contribution in [-0.2, 0) is 13.1 Å². The molecule has 1 fully saturated rings. The van der Waals surface area contributed by atoms with E-state index in [1.54, 1.807) is 0 Å². The zero-order chi connectivity index (χ0) is 13.2. The maximum atomic E-state index is 5.71. The summed E-state index contributed by atoms with van der Waals surface area (Å²) >= 11 is 1.84. The second kappa shape index (κ2) is 5.35. The molecule has 1 aliphatic carbocycles. The topological polar surface area (TPSA) is 29.3 Å². The van der Waals surface area contributed by atoms with E-state index >= 15 is 0 Å². The quantitative estimate of drug-likeness (QED) is 0.899. The Balaban J connectivity index is 1.87. The third kappa shape index (κ3) is 2.82. The van der Waals surface area contributed by atoms with Crippen LogP contribution in [0.25, 0.3) is 0 Å². The molecule has 2 N–H and O–H groups in total. The summed E-state index contributed by atoms with van der Waals surface area (Å²) in [5.41, 5.74) is 9.64. The molecule has 0 saturated heterocycles. The van der Waals surface area contributed by atoms with Gasteiger partial charge in [-0.3, -0.25) is 0 Å². The van der Waals surface area contributed by atoms with Crippen molar-refractivity contribution in [1.29, 1.82) is 0 Å². The fourth-order valence-electron chi connectivity index (χ4n) is 2.53. The smallest absolute Gasteiger partial charge is 0.0526 e. The molecule has 19 heavy (non-hydrogen) atoms. The van der Waals surface area contributed by atoms with Crippen molar-refractivity contribution >= 4 is 17.0 Å². The van der Waals surface area contributed by atoms with Crippen molar-refractivity contribution in [3.05, 3.63) is 51.7 Å². The first-order chi connectivity index (χ1) is 9.28. The van der Waals surface area contributed by atoms with E-state index < -0.39 is 0 Å². The SMILES string of the molecule is Cc1cc(CN)ccc1N(Cc1cccs1)C1CC1. The maximum Gasteiger partial charge on any atom is 0.0526 e. The molecule has 1 aromatic heterocycles. The van der Waals surface area contributed by atoms with E-state index in [0.717, 1.165) is 12.6 Å². The van der Waals surface area contributed by atoms with Crippen LogP contribution in [0.4, 0.5) is 5.69 Å². The first-order valence-electron chi connectivity index (χ1n) is 6.86. The molecule has 100 valence electrons. The van der Waals surface area contributed by atoms with E-state index in [1.165, 1.54) is 34.5 Å². The van der Waals surface area contributed by atoms with Crippen LogP contribution in [0.2, 0.25) is 0 Å². The van der Waals surface area contributed by atoms with Gasteiger partial charge in [-0.1, -0.05) is 18.2 Å². The lowest BCUT2D eigenvalue weighted by Gasteiger charge is -2.26. The van der Waals surface area contributed by atoms with Gasteiger partial charge in [0, 0.05) is 23.2 Å². The molecular formula is C16H20N2S. The second-order valence-corrected chi connectivity index (χ2v) is 6.30. The Hall–Kier alpha value is -1.32. The number of thiophene rings is 1. The normalized spacial score (nSPS) is 14.6. The lowest BCUT2D eigenvalue weighted by Crippen LogP contribution is -2.25. The second-order valence-electron chi connectivity index (χ2n) is 5.26. The molecule has 1 aromatic carbocycles. The molecule has 0 atom stereocenters. The van der Waals surface area contributed by atoms with Gasteiger partial charge in [0.15, 0.2) is 0 Å². The monoisotopic (exact) mass is 272 g/mol. The van der Waals surface area contributed by atoms with Gasteiger partial charge in [0.25, 0.3) is 0 Å². The minimum Gasteiger partial charge on any atom is -0.363 e. The summed E-state index contributed by atoms with van der Waals surface area (Å²) < 4.78 is 0. The lowest BCUT2D eigenvalue weighted by molar-refractivity contribution is 0.799. The Morgan fingerprint density at radius 1 is 1.32 bits per heavy atom. The molecule has 0 unspecified atom stereocenters. The summed E-state index contributed by atoms with van der Waals surface area (Å²) in [6.07, 6.45) is 2.65. The van der Waals surface area contributed by atoms with Crippen LogP contribution in [0.5, 0.6) is 0 Å². The largest absolute Gasteiger partial charge is 0.363 e. The number of rotatable bonds is 5. The van der Waals surface area contributed by atoms with Crippen molar-refractivity contribution < 1.29 is 0 Å². The number of hydrogen-bond donors (Lipinski definition) is 1. The van der Waals surface area contributed by atoms with Gasteiger partial charge in [0.2, 0.25) is 0 Å². The van der Waals surface area contributed by atoms with Crippen LogP contribution in [-0.4, -0.2) is 6.04 Å². The highest BCUT2D eigenvalue weighted by Crippen LogP contribution is 2.35. The number of nitrogens with zero attached hydrogens (tertiary/aromatic N) is 1. The van der Waals surface area contributed by atoms with E-state index in [0.29, 0.717) is 6.54 Å². The summed E-state index contributed by atoms with van der Waals surface area (Å²) in [7, 11) is 0. The molecule has 0 spiro atoms. The summed E-state index contributed by atoms with van der Waals surface area (Å²) in [6, 6.07) is 11.7. The van der Waals surface area contributed by atoms with Crippen molar-refractivity contribution in [2.24, 2.45) is 5.73 Å². The number of aryl methyl sites for hydroxylation is 1. The highest BCUT2D eigenvalue weighted by atomic mass is 32.1. The average Bonchev–Trinajstić information content (AvgIpc) is 3.14. The van der Waals surface area contributed by atoms with Gasteiger partial charge in [-0.05, 0) is 48.4 Å². The molecule has 3 rings (SSSR count). The van der Waals surface area contributed by atoms with Crippen LogP contribution < -0.4 is 10.6 Å². The minimum atomic E-state index is 0.621. The number of hydrogen-bond acceptors (Lipinski definition) is 3. The van der Waals surface area contributed by atoms with E-state index in [4.69, 9.17) is 5.73 Å². The van der Waals surface area contributed by atoms with Crippen LogP contribution in [0.3, 0.4) is 0 Å². The molecule has 0 aliphatic heterocycles. The number of benzene rings is 1. The number of nitrogens with two attached hydrogens (primary N) is 1. The van der Waals surface area contributed by atoms with Crippen LogP contribution in [0, 0.1) is 6.92 Å². The van der Waals surface area contributed by atoms with E-state index in [9.17, 15) is 0 Å². The Kier molecular flexibility index (Phi) is 3.58. The van der Waals surface area contributed by atoms with Crippen LogP contribution >= 0.6 is 11.3 Å². The van der Waals surface area contributed by atoms with Gasteiger partial charge >= 0.3 is 0 Å². The molecule has 1 saturated carbocycles. The first-order valence-corrected chi connectivity index (χ1v) is 7.74. The van der Waals surface area contributed by atoms with Crippen LogP contribution in [0.1, 0.15) is 28.8 Å². The van der Waals surface area contributed by atoms with Crippen molar-refractivity contribution in [3.63, 3.8) is 0 Å². The first kappa shape index (κ1) is 12.7. The minimum absolute atomic E-state index is 0.621. The molecule has 0 bridgehead atoms. The Bertz CT molecular complexity index is 544. The Labute approximate surface area is 118 Å². The molecule has 0 radical (unpaired) electrons. The summed E-state index contributed by atoms with van der Waals surface area (Å²) in [5, 5.41) is 2.16. The summed E-state index contributed by atoms with van der Waals surface area (Å²) in [6.45, 7) is 3.85. The molecule has 0 amide bonds. The van der Waals surface area contributed by atoms with E-state index in [1.807, 2.05) is 11.3 Å². The zero-order valence-corrected chi connectivity index (χ0v) is 12.1. The maximum absolute atomic E-state index is 5.71. The van der Waals surface area contributed by atoms with Gasteiger partial charge in [0.1, 0.15) is 0 Å². The Morgan fingerprint density at radius 3 is 2.74 bits per heavy atom. The molecule has 2 aromatic rings. The van der Waals surface area contributed by atoms with Gasteiger partial charge in [-0.15, -0.1) is 11.3 Å². The molecule has 3 heteroatoms. The predicted octanol–water partition coefficient (Wildman–Crippen LogP) is 3.68. The molecule has 2 nitrogen and oxygen atoms in total. The summed E-state index contributed by atoms with van der Waals surface area (Å²) in [4.78, 5) is 4.00. The number of anilines is 1. The van der Waals surface area contributed by atoms with Gasteiger partial charge in [0.05, 0.1) is 6.54 Å². The van der Waals surface area contributed by atoms with Crippen molar-refractivity contribution in [3.8, 4) is 0 Å². The van der Waals surface area contributed by atoms with Crippen molar-refractivity contribution in [1.82, 2.24) is 0 Å². The molecule has 1 heterocycles. The zero-order valence-electron chi connectivity index (χ0n) is 11.3. The van der Waals surface area contributed by atoms with Crippen LogP contribution in [0.15, 0.2) is 35.7 Å². The lowest BCUT2D eigenvalue weighted by atomic mass is 10.1. The standard InChI is InChI=1S/C16H20N2S/c1-12-9-13(10-17)4-7-16(12)18(14-5-6-14)11-15-3-2-8-19-15/h2-4,7-9,14H,5-6,10-11,17H2,1H3. The third-order valence-corrected chi connectivity index (χ3v) is 4.56. The fraction of sp³-hybridized carbons (Fsp3) is 0.375. The fourth-order valence-corrected chi connectivity index (χ4v) is 3.24. The highest BCUT2D eigenvalue weighted by molar-refractivity contribution is 7.09. The van der Waals surface area contributed by atoms with Crippen molar-refractivity contribution in [2.45, 2.75) is 38.9 Å². The van der Waals surface area contributed by atoms with E-state index in [-0.39, 0.29) is 0 Å². The highest BCUT2D eigenvalue weighted by Gasteiger charge is 2.30. The molecular weight excluding hydrogens is 252 g/mol.